The molecule has 0 aliphatic carbocycles. The van der Waals surface area contributed by atoms with Gasteiger partial charge in [0.2, 0.25) is 0 Å². The van der Waals surface area contributed by atoms with Crippen LogP contribution in [0.5, 0.6) is 0 Å². The second kappa shape index (κ2) is 4.13. The molecule has 0 bridgehead atoms. The number of carbonyl (C=O) groups is 1. The molecule has 74 valence electrons. The average Bonchev–Trinajstić information content (AvgIpc) is 2.69. The molecule has 15 heavy (non-hydrogen) atoms. The Balaban J connectivity index is 2.36. The minimum absolute atomic E-state index is 0.108. The molecule has 4 nitrogen and oxygen atoms in total. The Hall–Kier alpha value is -1.84. The van der Waals surface area contributed by atoms with E-state index in [0.717, 1.165) is 10.1 Å². The molecule has 1 aromatic heterocycles. The lowest BCUT2D eigenvalue weighted by atomic mass is 10.2. The molecule has 1 heterocycles. The molecule has 0 saturated carbocycles. The number of hydrogen-bond acceptors (Lipinski definition) is 3. The van der Waals surface area contributed by atoms with E-state index in [2.05, 4.69) is 10.0 Å². The van der Waals surface area contributed by atoms with E-state index < -0.39 is 0 Å². The highest BCUT2D eigenvalue weighted by Gasteiger charge is 2.08. The topological polar surface area (TPSA) is 65.8 Å². The van der Waals surface area contributed by atoms with Gasteiger partial charge in [-0.15, -0.1) is 11.3 Å². The molecule has 5 heteroatoms. The van der Waals surface area contributed by atoms with Crippen molar-refractivity contribution >= 4 is 27.2 Å². The van der Waals surface area contributed by atoms with Gasteiger partial charge in [-0.1, -0.05) is 23.3 Å². The first-order valence-corrected chi connectivity index (χ1v) is 5.15. The molecule has 0 saturated heterocycles. The highest BCUT2D eigenvalue weighted by atomic mass is 32.1. The fraction of sp³-hybridized carbons (Fsp3) is 0.100. The Morgan fingerprint density at radius 1 is 1.47 bits per heavy atom. The average molecular weight is 217 g/mol. The first-order chi connectivity index (χ1) is 7.31. The van der Waals surface area contributed by atoms with Crippen molar-refractivity contribution in [2.45, 2.75) is 0 Å². The summed E-state index contributed by atoms with van der Waals surface area (Å²) in [5, 5.41) is 4.30. The lowest BCUT2D eigenvalue weighted by molar-refractivity contribution is 0.101. The fourth-order valence-corrected chi connectivity index (χ4v) is 2.29. The number of fused-ring (bicyclic) bond motifs is 1. The van der Waals surface area contributed by atoms with E-state index in [1.807, 2.05) is 30.3 Å². The Morgan fingerprint density at radius 2 is 2.27 bits per heavy atom. The smallest absolute Gasteiger partial charge is 0.178 e. The Bertz CT molecular complexity index is 522. The van der Waals surface area contributed by atoms with E-state index in [9.17, 15) is 4.79 Å². The molecule has 0 fully saturated rings. The fourth-order valence-electron chi connectivity index (χ4n) is 1.29. The zero-order valence-electron chi connectivity index (χ0n) is 7.75. The number of thiophene rings is 1. The van der Waals surface area contributed by atoms with Crippen LogP contribution in [-0.2, 0) is 0 Å². The summed E-state index contributed by atoms with van der Waals surface area (Å²) in [5.41, 5.74) is 8.11. The van der Waals surface area contributed by atoms with Crippen molar-refractivity contribution in [2.24, 2.45) is 5.11 Å². The van der Waals surface area contributed by atoms with Crippen LogP contribution >= 0.6 is 11.3 Å². The van der Waals surface area contributed by atoms with Crippen LogP contribution in [0.4, 0.5) is 0 Å². The first kappa shape index (κ1) is 9.71. The number of carbonyl (C=O) groups excluding carboxylic acids is 1. The SMILES string of the molecule is [N-]=[N+]=NCC(=O)c1cc2ccccc2s1. The van der Waals surface area contributed by atoms with Gasteiger partial charge in [-0.25, -0.2) is 0 Å². The van der Waals surface area contributed by atoms with Gasteiger partial charge in [0.15, 0.2) is 5.78 Å². The van der Waals surface area contributed by atoms with Crippen LogP contribution in [0.1, 0.15) is 9.67 Å². The summed E-state index contributed by atoms with van der Waals surface area (Å²) in [4.78, 5) is 14.7. The molecule has 1 aromatic carbocycles. The second-order valence-electron chi connectivity index (χ2n) is 2.96. The summed E-state index contributed by atoms with van der Waals surface area (Å²) in [7, 11) is 0. The summed E-state index contributed by atoms with van der Waals surface area (Å²) < 4.78 is 1.07. The van der Waals surface area contributed by atoms with Gasteiger partial charge in [-0.2, -0.15) is 0 Å². The van der Waals surface area contributed by atoms with Crippen molar-refractivity contribution in [1.29, 1.82) is 0 Å². The van der Waals surface area contributed by atoms with Crippen molar-refractivity contribution in [3.05, 3.63) is 45.7 Å². The second-order valence-corrected chi connectivity index (χ2v) is 4.04. The summed E-state index contributed by atoms with van der Waals surface area (Å²) in [6.45, 7) is -0.108. The van der Waals surface area contributed by atoms with Crippen LogP contribution in [-0.4, -0.2) is 12.3 Å². The summed E-state index contributed by atoms with van der Waals surface area (Å²) in [5.74, 6) is -0.131. The minimum Gasteiger partial charge on any atom is -0.293 e. The summed E-state index contributed by atoms with van der Waals surface area (Å²) >= 11 is 1.42. The highest BCUT2D eigenvalue weighted by Crippen LogP contribution is 2.25. The summed E-state index contributed by atoms with van der Waals surface area (Å²) in [6, 6.07) is 9.60. The van der Waals surface area contributed by atoms with Crippen molar-refractivity contribution in [3.8, 4) is 0 Å². The van der Waals surface area contributed by atoms with Crippen LogP contribution < -0.4 is 0 Å². The van der Waals surface area contributed by atoms with E-state index in [1.54, 1.807) is 0 Å². The molecule has 0 atom stereocenters. The predicted octanol–water partition coefficient (Wildman–Crippen LogP) is 3.39. The van der Waals surface area contributed by atoms with Crippen molar-refractivity contribution < 1.29 is 4.79 Å². The molecule has 0 unspecified atom stereocenters. The Labute approximate surface area is 89.8 Å². The lowest BCUT2D eigenvalue weighted by Gasteiger charge is -1.87. The number of rotatable bonds is 3. The third-order valence-electron chi connectivity index (χ3n) is 1.98. The maximum absolute atomic E-state index is 11.5. The number of Topliss-reactive ketones (excluding diaryl/α,β-unsaturated/α-hetero) is 1. The largest absolute Gasteiger partial charge is 0.293 e. The molecule has 0 aliphatic heterocycles. The highest BCUT2D eigenvalue weighted by molar-refractivity contribution is 7.20. The zero-order valence-corrected chi connectivity index (χ0v) is 8.57. The molecule has 2 rings (SSSR count). The van der Waals surface area contributed by atoms with Crippen LogP contribution in [0.2, 0.25) is 0 Å². The Kier molecular flexibility index (Phi) is 2.67. The van der Waals surface area contributed by atoms with E-state index in [0.29, 0.717) is 4.88 Å². The van der Waals surface area contributed by atoms with E-state index in [4.69, 9.17) is 5.53 Å². The van der Waals surface area contributed by atoms with Crippen molar-refractivity contribution in [1.82, 2.24) is 0 Å². The summed E-state index contributed by atoms with van der Waals surface area (Å²) in [6.07, 6.45) is 0. The number of benzene rings is 1. The molecular formula is C10H7N3OS. The maximum atomic E-state index is 11.5. The third-order valence-corrected chi connectivity index (χ3v) is 3.14. The number of azide groups is 1. The number of hydrogen-bond donors (Lipinski definition) is 0. The lowest BCUT2D eigenvalue weighted by Crippen LogP contribution is -1.98. The van der Waals surface area contributed by atoms with Crippen LogP contribution in [0.15, 0.2) is 35.4 Å². The quantitative estimate of drug-likeness (QED) is 0.336. The molecule has 2 aromatic rings. The van der Waals surface area contributed by atoms with Gasteiger partial charge < -0.3 is 0 Å². The number of ketones is 1. The van der Waals surface area contributed by atoms with E-state index in [1.165, 1.54) is 11.3 Å². The van der Waals surface area contributed by atoms with Gasteiger partial charge in [-0.3, -0.25) is 4.79 Å². The van der Waals surface area contributed by atoms with E-state index >= 15 is 0 Å². The van der Waals surface area contributed by atoms with Gasteiger partial charge in [-0.05, 0) is 23.1 Å². The van der Waals surface area contributed by atoms with Gasteiger partial charge in [0.1, 0.15) is 0 Å². The molecule has 0 N–H and O–H groups in total. The van der Waals surface area contributed by atoms with Gasteiger partial charge >= 0.3 is 0 Å². The van der Waals surface area contributed by atoms with Crippen molar-refractivity contribution in [3.63, 3.8) is 0 Å². The number of nitrogens with zero attached hydrogens (tertiary/aromatic N) is 3. The van der Waals surface area contributed by atoms with Crippen molar-refractivity contribution in [2.75, 3.05) is 6.54 Å². The molecular weight excluding hydrogens is 210 g/mol. The minimum atomic E-state index is -0.131. The first-order valence-electron chi connectivity index (χ1n) is 4.34. The van der Waals surface area contributed by atoms with Gasteiger partial charge in [0, 0.05) is 9.61 Å². The third kappa shape index (κ3) is 1.98. The normalized spacial score (nSPS) is 9.87. The molecule has 0 spiro atoms. The molecule has 0 radical (unpaired) electrons. The van der Waals surface area contributed by atoms with Gasteiger partial charge in [0.05, 0.1) is 11.4 Å². The van der Waals surface area contributed by atoms with Crippen LogP contribution in [0.25, 0.3) is 20.5 Å². The Morgan fingerprint density at radius 3 is 3.00 bits per heavy atom. The standard InChI is InChI=1S/C10H7N3OS/c11-13-12-6-8(14)10-5-7-3-1-2-4-9(7)15-10/h1-5H,6H2. The molecule has 0 aliphatic rings. The van der Waals surface area contributed by atoms with Crippen LogP contribution in [0.3, 0.4) is 0 Å². The van der Waals surface area contributed by atoms with Gasteiger partial charge in [0.25, 0.3) is 0 Å². The van der Waals surface area contributed by atoms with E-state index in [-0.39, 0.29) is 12.3 Å². The predicted molar refractivity (Wildman–Crippen MR) is 60.2 cm³/mol. The molecule has 0 amide bonds. The maximum Gasteiger partial charge on any atom is 0.178 e. The monoisotopic (exact) mass is 217 g/mol. The van der Waals surface area contributed by atoms with Crippen LogP contribution in [0, 0.1) is 0 Å². The zero-order chi connectivity index (χ0) is 10.7.